The molecule has 0 aromatic heterocycles. The number of halogens is 1. The summed E-state index contributed by atoms with van der Waals surface area (Å²) >= 11 is 7.27. The van der Waals surface area contributed by atoms with Crippen molar-refractivity contribution in [1.29, 1.82) is 0 Å². The van der Waals surface area contributed by atoms with E-state index in [0.29, 0.717) is 22.0 Å². The first-order valence-electron chi connectivity index (χ1n) is 8.26. The molecule has 1 aliphatic heterocycles. The number of amides is 3. The monoisotopic (exact) mass is 403 g/mol. The fourth-order valence-electron chi connectivity index (χ4n) is 2.58. The highest BCUT2D eigenvalue weighted by Crippen LogP contribution is 2.36. The Balaban J connectivity index is 1.65. The van der Waals surface area contributed by atoms with Crippen molar-refractivity contribution in [2.75, 3.05) is 24.2 Å². The van der Waals surface area contributed by atoms with Gasteiger partial charge in [0.2, 0.25) is 11.8 Å². The SMILES string of the molecule is C[C@@H]1Sc2ccc(C(=O)N(C)CC(=O)Nc3ccc(Cl)cc3)cc2NC1=O. The fraction of sp³-hybridized carbons (Fsp3) is 0.211. The number of rotatable bonds is 4. The van der Waals surface area contributed by atoms with Gasteiger partial charge in [0.1, 0.15) is 0 Å². The molecule has 6 nitrogen and oxygen atoms in total. The zero-order valence-corrected chi connectivity index (χ0v) is 16.4. The molecule has 3 amide bonds. The summed E-state index contributed by atoms with van der Waals surface area (Å²) in [4.78, 5) is 38.8. The van der Waals surface area contributed by atoms with E-state index in [4.69, 9.17) is 11.6 Å². The van der Waals surface area contributed by atoms with Gasteiger partial charge in [-0.1, -0.05) is 11.6 Å². The number of thioether (sulfide) groups is 1. The maximum atomic E-state index is 12.6. The van der Waals surface area contributed by atoms with Crippen LogP contribution in [0.3, 0.4) is 0 Å². The molecule has 140 valence electrons. The number of carbonyl (C=O) groups is 3. The first-order valence-corrected chi connectivity index (χ1v) is 9.51. The van der Waals surface area contributed by atoms with E-state index in [1.165, 1.54) is 16.7 Å². The van der Waals surface area contributed by atoms with Crippen molar-refractivity contribution in [3.63, 3.8) is 0 Å². The standard InChI is InChI=1S/C19H18ClN3O3S/c1-11-18(25)22-15-9-12(3-8-16(15)27-11)19(26)23(2)10-17(24)21-14-6-4-13(20)5-7-14/h3-9,11H,10H2,1-2H3,(H,21,24)(H,22,25)/t11-/m0/s1. The molecular weight excluding hydrogens is 386 g/mol. The predicted octanol–water partition coefficient (Wildman–Crippen LogP) is 3.48. The number of benzene rings is 2. The van der Waals surface area contributed by atoms with Crippen molar-refractivity contribution in [2.45, 2.75) is 17.1 Å². The molecule has 27 heavy (non-hydrogen) atoms. The van der Waals surface area contributed by atoms with Crippen molar-refractivity contribution in [1.82, 2.24) is 4.90 Å². The van der Waals surface area contributed by atoms with Crippen LogP contribution < -0.4 is 10.6 Å². The Morgan fingerprint density at radius 1 is 1.22 bits per heavy atom. The zero-order chi connectivity index (χ0) is 19.6. The highest BCUT2D eigenvalue weighted by molar-refractivity contribution is 8.00. The summed E-state index contributed by atoms with van der Waals surface area (Å²) in [6, 6.07) is 11.9. The van der Waals surface area contributed by atoms with Crippen LogP contribution in [0.25, 0.3) is 0 Å². The third kappa shape index (κ3) is 4.61. The highest BCUT2D eigenvalue weighted by atomic mass is 35.5. The van der Waals surface area contributed by atoms with Gasteiger partial charge in [0.25, 0.3) is 5.91 Å². The molecule has 3 rings (SSSR count). The van der Waals surface area contributed by atoms with Gasteiger partial charge >= 0.3 is 0 Å². The summed E-state index contributed by atoms with van der Waals surface area (Å²) in [5, 5.41) is 5.92. The van der Waals surface area contributed by atoms with E-state index in [2.05, 4.69) is 10.6 Å². The largest absolute Gasteiger partial charge is 0.332 e. The van der Waals surface area contributed by atoms with Gasteiger partial charge in [0.05, 0.1) is 17.5 Å². The molecule has 1 atom stereocenters. The van der Waals surface area contributed by atoms with Crippen molar-refractivity contribution in [3.8, 4) is 0 Å². The lowest BCUT2D eigenvalue weighted by Crippen LogP contribution is -2.35. The maximum Gasteiger partial charge on any atom is 0.254 e. The summed E-state index contributed by atoms with van der Waals surface area (Å²) in [5.41, 5.74) is 1.63. The molecule has 2 aromatic carbocycles. The first kappa shape index (κ1) is 19.3. The second-order valence-corrected chi connectivity index (χ2v) is 8.00. The van der Waals surface area contributed by atoms with Gasteiger partial charge in [-0.2, -0.15) is 0 Å². The Labute approximate surface area is 166 Å². The van der Waals surface area contributed by atoms with Crippen LogP contribution in [0.5, 0.6) is 0 Å². The van der Waals surface area contributed by atoms with Gasteiger partial charge in [0, 0.05) is 28.2 Å². The van der Waals surface area contributed by atoms with E-state index in [1.807, 2.05) is 13.0 Å². The quantitative estimate of drug-likeness (QED) is 0.819. The third-order valence-electron chi connectivity index (χ3n) is 4.01. The summed E-state index contributed by atoms with van der Waals surface area (Å²) in [7, 11) is 1.55. The molecule has 0 saturated carbocycles. The van der Waals surface area contributed by atoms with Crippen molar-refractivity contribution in [3.05, 3.63) is 53.1 Å². The molecule has 8 heteroatoms. The summed E-state index contributed by atoms with van der Waals surface area (Å²) in [6.07, 6.45) is 0. The maximum absolute atomic E-state index is 12.6. The van der Waals surface area contributed by atoms with Crippen molar-refractivity contribution < 1.29 is 14.4 Å². The Morgan fingerprint density at radius 2 is 1.93 bits per heavy atom. The molecule has 0 spiro atoms. The van der Waals surface area contributed by atoms with Gasteiger partial charge in [-0.15, -0.1) is 11.8 Å². The molecule has 2 N–H and O–H groups in total. The van der Waals surface area contributed by atoms with Crippen LogP contribution in [0.15, 0.2) is 47.4 Å². The van der Waals surface area contributed by atoms with E-state index in [9.17, 15) is 14.4 Å². The van der Waals surface area contributed by atoms with Crippen molar-refractivity contribution >= 4 is 52.5 Å². The normalized spacial score (nSPS) is 15.5. The average molecular weight is 404 g/mol. The topological polar surface area (TPSA) is 78.5 Å². The minimum Gasteiger partial charge on any atom is -0.332 e. The van der Waals surface area contributed by atoms with Gasteiger partial charge < -0.3 is 15.5 Å². The van der Waals surface area contributed by atoms with Gasteiger partial charge in [-0.05, 0) is 49.4 Å². The smallest absolute Gasteiger partial charge is 0.254 e. The van der Waals surface area contributed by atoms with E-state index < -0.39 is 0 Å². The molecule has 0 unspecified atom stereocenters. The van der Waals surface area contributed by atoms with Gasteiger partial charge in [-0.25, -0.2) is 0 Å². The number of fused-ring (bicyclic) bond motifs is 1. The third-order valence-corrected chi connectivity index (χ3v) is 5.44. The van der Waals surface area contributed by atoms with E-state index in [1.54, 1.807) is 43.4 Å². The molecule has 1 aliphatic rings. The van der Waals surface area contributed by atoms with Gasteiger partial charge in [-0.3, -0.25) is 14.4 Å². The Morgan fingerprint density at radius 3 is 2.63 bits per heavy atom. The minimum absolute atomic E-state index is 0.0900. The van der Waals surface area contributed by atoms with E-state index in [0.717, 1.165) is 4.90 Å². The molecular formula is C19H18ClN3O3S. The second-order valence-electron chi connectivity index (χ2n) is 6.18. The second kappa shape index (κ2) is 8.02. The van der Waals surface area contributed by atoms with Crippen LogP contribution in [-0.2, 0) is 9.59 Å². The Kier molecular flexibility index (Phi) is 5.72. The number of hydrogen-bond donors (Lipinski definition) is 2. The number of likely N-dealkylation sites (N-methyl/N-ethyl adjacent to an activating group) is 1. The van der Waals surface area contributed by atoms with Crippen LogP contribution in [0, 0.1) is 0 Å². The summed E-state index contributed by atoms with van der Waals surface area (Å²) in [6.45, 7) is 1.73. The molecule has 2 aromatic rings. The van der Waals surface area contributed by atoms with Crippen LogP contribution >= 0.6 is 23.4 Å². The number of hydrogen-bond acceptors (Lipinski definition) is 4. The van der Waals surface area contributed by atoms with Crippen LogP contribution in [0.2, 0.25) is 5.02 Å². The highest BCUT2D eigenvalue weighted by Gasteiger charge is 2.24. The molecule has 0 aliphatic carbocycles. The van der Waals surface area contributed by atoms with Crippen molar-refractivity contribution in [2.24, 2.45) is 0 Å². The Hall–Kier alpha value is -2.51. The van der Waals surface area contributed by atoms with Gasteiger partial charge in [0.15, 0.2) is 0 Å². The number of anilines is 2. The van der Waals surface area contributed by atoms with Crippen LogP contribution in [0.1, 0.15) is 17.3 Å². The number of carbonyl (C=O) groups excluding carboxylic acids is 3. The molecule has 0 fully saturated rings. The lowest BCUT2D eigenvalue weighted by Gasteiger charge is -2.23. The number of nitrogens with one attached hydrogen (secondary N) is 2. The molecule has 0 radical (unpaired) electrons. The first-order chi connectivity index (χ1) is 12.8. The summed E-state index contributed by atoms with van der Waals surface area (Å²) in [5.74, 6) is -0.710. The molecule has 0 saturated heterocycles. The predicted molar refractivity (Wildman–Crippen MR) is 107 cm³/mol. The van der Waals surface area contributed by atoms with Crippen LogP contribution in [-0.4, -0.2) is 41.5 Å². The zero-order valence-electron chi connectivity index (χ0n) is 14.8. The molecule has 0 bridgehead atoms. The number of nitrogens with zero attached hydrogens (tertiary/aromatic N) is 1. The Bertz CT molecular complexity index is 902. The summed E-state index contributed by atoms with van der Waals surface area (Å²) < 4.78 is 0. The average Bonchev–Trinajstić information content (AvgIpc) is 2.63. The van der Waals surface area contributed by atoms with E-state index in [-0.39, 0.29) is 29.5 Å². The van der Waals surface area contributed by atoms with E-state index >= 15 is 0 Å². The lowest BCUT2D eigenvalue weighted by molar-refractivity contribution is -0.117. The lowest BCUT2D eigenvalue weighted by atomic mass is 10.1. The molecule has 1 heterocycles. The minimum atomic E-state index is -0.316. The van der Waals surface area contributed by atoms with Crippen LogP contribution in [0.4, 0.5) is 11.4 Å². The fourth-order valence-corrected chi connectivity index (χ4v) is 3.64.